The molecule has 1 saturated carbocycles. The molecule has 0 heterocycles. The number of unbranched alkanes of at least 4 members (excludes halogenated alkanes) is 1. The third-order valence-corrected chi connectivity index (χ3v) is 7.28. The minimum atomic E-state index is -0.862. The van der Waals surface area contributed by atoms with Gasteiger partial charge in [0.05, 0.1) is 23.7 Å². The lowest BCUT2D eigenvalue weighted by Crippen LogP contribution is -2.40. The van der Waals surface area contributed by atoms with E-state index in [9.17, 15) is 24.9 Å². The van der Waals surface area contributed by atoms with Crippen molar-refractivity contribution in [1.82, 2.24) is 10.7 Å². The van der Waals surface area contributed by atoms with Gasteiger partial charge in [0.2, 0.25) is 5.91 Å². The number of benzene rings is 1. The smallest absolute Gasteiger partial charge is 0.328 e. The molecule has 0 radical (unpaired) electrons. The number of aliphatic hydroxyl groups excluding tert-OH is 3. The van der Waals surface area contributed by atoms with Gasteiger partial charge >= 0.3 is 5.97 Å². The van der Waals surface area contributed by atoms with Crippen LogP contribution in [0.15, 0.2) is 42.5 Å². The Hall–Kier alpha value is -2.38. The Morgan fingerprint density at radius 3 is 2.48 bits per heavy atom. The molecule has 0 spiro atoms. The quantitative estimate of drug-likeness (QED) is 0.0672. The summed E-state index contributed by atoms with van der Waals surface area (Å²) in [6, 6.07) is 9.16. The number of allylic oxidation sites excluding steroid dienone is 2. The van der Waals surface area contributed by atoms with Gasteiger partial charge in [0, 0.05) is 6.42 Å². The molecule has 1 fully saturated rings. The fourth-order valence-electron chi connectivity index (χ4n) is 5.05. The first kappa shape index (κ1) is 33.8. The number of amides is 1. The molecule has 0 aliphatic heterocycles. The van der Waals surface area contributed by atoms with Gasteiger partial charge in [0.1, 0.15) is 18.8 Å². The highest BCUT2D eigenvalue weighted by Gasteiger charge is 2.40. The Morgan fingerprint density at radius 2 is 1.77 bits per heavy atom. The van der Waals surface area contributed by atoms with Crippen molar-refractivity contribution in [2.24, 2.45) is 11.8 Å². The van der Waals surface area contributed by atoms with Crippen LogP contribution in [0.2, 0.25) is 0 Å². The number of hydrogen-bond acceptors (Lipinski definition) is 10. The molecule has 0 aromatic heterocycles. The average molecular weight is 567 g/mol. The molecule has 2 unspecified atom stereocenters. The highest BCUT2D eigenvalue weighted by atomic mass is 17.1. The van der Waals surface area contributed by atoms with Crippen LogP contribution in [0.5, 0.6) is 0 Å². The number of nitrogens with one attached hydrogen (secondary N) is 1. The van der Waals surface area contributed by atoms with Gasteiger partial charge in [-0.25, -0.2) is 9.63 Å². The van der Waals surface area contributed by atoms with Gasteiger partial charge in [0.15, 0.2) is 0 Å². The highest BCUT2D eigenvalue weighted by Crippen LogP contribution is 2.38. The summed E-state index contributed by atoms with van der Waals surface area (Å²) in [5.74, 6) is -1.10. The van der Waals surface area contributed by atoms with E-state index < -0.39 is 41.8 Å². The van der Waals surface area contributed by atoms with Crippen LogP contribution in [-0.4, -0.2) is 80.1 Å². The minimum absolute atomic E-state index is 0.0705. The Bertz CT molecular complexity index is 899. The number of carbonyl (C=O) groups is 2. The van der Waals surface area contributed by atoms with Crippen molar-refractivity contribution in [3.05, 3.63) is 48.0 Å². The van der Waals surface area contributed by atoms with Crippen LogP contribution in [0.25, 0.3) is 0 Å². The van der Waals surface area contributed by atoms with Crippen molar-refractivity contribution in [2.45, 2.75) is 102 Å². The topological polar surface area (TPSA) is 169 Å². The van der Waals surface area contributed by atoms with Crippen molar-refractivity contribution in [1.29, 1.82) is 0 Å². The lowest BCUT2D eigenvalue weighted by atomic mass is 9.85. The van der Waals surface area contributed by atoms with Gasteiger partial charge in [-0.2, -0.15) is 0 Å². The first-order valence-corrected chi connectivity index (χ1v) is 14.1. The number of aliphatic hydroxyl groups is 3. The summed E-state index contributed by atoms with van der Waals surface area (Å²) < 4.78 is 4.97. The number of carbonyl (C=O) groups excluding carboxylic acids is 2. The van der Waals surface area contributed by atoms with Crippen LogP contribution < -0.4 is 5.32 Å². The Kier molecular flexibility index (Phi) is 15.3. The lowest BCUT2D eigenvalue weighted by Gasteiger charge is -2.23. The summed E-state index contributed by atoms with van der Waals surface area (Å²) in [7, 11) is 0. The van der Waals surface area contributed by atoms with E-state index in [1.807, 2.05) is 42.5 Å². The fourth-order valence-corrected chi connectivity index (χ4v) is 5.05. The van der Waals surface area contributed by atoms with E-state index in [0.29, 0.717) is 44.9 Å². The van der Waals surface area contributed by atoms with Crippen molar-refractivity contribution >= 4 is 11.9 Å². The maximum atomic E-state index is 12.1. The molecule has 40 heavy (non-hydrogen) atoms. The molecule has 1 aromatic carbocycles. The second-order valence-corrected chi connectivity index (χ2v) is 10.6. The lowest BCUT2D eigenvalue weighted by molar-refractivity contribution is -0.504. The van der Waals surface area contributed by atoms with E-state index in [-0.39, 0.29) is 30.8 Å². The van der Waals surface area contributed by atoms with E-state index in [2.05, 4.69) is 10.2 Å². The minimum Gasteiger partial charge on any atom is -0.461 e. The number of nitrogens with zero attached hydrogens (tertiary/aromatic N) is 1. The first-order chi connectivity index (χ1) is 19.1. The molecule has 0 saturated heterocycles. The molecule has 1 amide bonds. The third-order valence-electron chi connectivity index (χ3n) is 7.28. The van der Waals surface area contributed by atoms with Crippen molar-refractivity contribution in [2.75, 3.05) is 6.61 Å². The summed E-state index contributed by atoms with van der Waals surface area (Å²) in [5.41, 5.74) is 1.19. The molecule has 226 valence electrons. The summed E-state index contributed by atoms with van der Waals surface area (Å²) >= 11 is 0. The number of esters is 1. The monoisotopic (exact) mass is 566 g/mol. The fraction of sp³-hybridized carbons (Fsp3) is 0.655. The molecule has 1 aliphatic rings. The number of ether oxygens (including phenoxy) is 1. The normalized spacial score (nSPS) is 23.3. The Balaban J connectivity index is 1.64. The molecule has 1 aromatic rings. The second kappa shape index (κ2) is 18.1. The summed E-state index contributed by atoms with van der Waals surface area (Å²) in [4.78, 5) is 28.6. The molecule has 11 nitrogen and oxygen atoms in total. The molecule has 1 aliphatic carbocycles. The van der Waals surface area contributed by atoms with E-state index in [4.69, 9.17) is 15.2 Å². The van der Waals surface area contributed by atoms with E-state index >= 15 is 0 Å². The molecule has 6 N–H and O–H groups in total. The Labute approximate surface area is 236 Å². The van der Waals surface area contributed by atoms with Crippen molar-refractivity contribution < 1.29 is 44.9 Å². The molecule has 7 atom stereocenters. The van der Waals surface area contributed by atoms with Crippen LogP contribution in [0, 0.1) is 11.8 Å². The number of hydrogen-bond donors (Lipinski definition) is 6. The summed E-state index contributed by atoms with van der Waals surface area (Å²) in [6.45, 7) is 2.75. The van der Waals surface area contributed by atoms with Gasteiger partial charge in [-0.3, -0.25) is 15.2 Å². The SMILES string of the molecule is CC(COC(=O)C(C)NC(=O)CCC/C=C\C[C@@H]1[C@@H](CC[C@@H](O)CCc2ccccc2)[C@H](O)C[C@@H]1O)ON(O)O. The standard InChI is InChI=1S/C29H46N2O9/c1-20(40-31(37)38)19-39-29(36)21(2)30-28(35)13-9-4-3-8-12-24-25(27(34)18-26(24)33)17-16-23(32)15-14-22-10-6-5-7-11-22/h3,5-8,10-11,20-21,23-27,32-34,37-38H,4,9,12-19H2,1-2H3,(H,30,35)/b8-3-/t20?,21?,23-,24+,25+,26-,27+/m0/s1. The predicted molar refractivity (Wildman–Crippen MR) is 146 cm³/mol. The van der Waals surface area contributed by atoms with E-state index in [1.165, 1.54) is 19.4 Å². The highest BCUT2D eigenvalue weighted by molar-refractivity contribution is 5.84. The van der Waals surface area contributed by atoms with Crippen molar-refractivity contribution in [3.63, 3.8) is 0 Å². The zero-order valence-corrected chi connectivity index (χ0v) is 23.5. The maximum absolute atomic E-state index is 12.1. The molecule has 11 heteroatoms. The van der Waals surface area contributed by atoms with E-state index in [1.54, 1.807) is 0 Å². The van der Waals surface area contributed by atoms with Gasteiger partial charge < -0.3 is 25.4 Å². The molecular formula is C29H46N2O9. The van der Waals surface area contributed by atoms with Crippen molar-refractivity contribution in [3.8, 4) is 0 Å². The van der Waals surface area contributed by atoms with Gasteiger partial charge in [-0.1, -0.05) is 42.5 Å². The predicted octanol–water partition coefficient (Wildman–Crippen LogP) is 2.68. The zero-order valence-electron chi connectivity index (χ0n) is 23.5. The summed E-state index contributed by atoms with van der Waals surface area (Å²) in [6.07, 6.45) is 6.64. The molecule has 2 rings (SSSR count). The van der Waals surface area contributed by atoms with Crippen LogP contribution in [0.1, 0.15) is 70.8 Å². The molecular weight excluding hydrogens is 520 g/mol. The summed E-state index contributed by atoms with van der Waals surface area (Å²) in [5, 5.41) is 50.6. The molecule has 0 bridgehead atoms. The number of rotatable bonds is 18. The van der Waals surface area contributed by atoms with Crippen LogP contribution in [-0.2, 0) is 25.6 Å². The van der Waals surface area contributed by atoms with Gasteiger partial charge in [-0.15, -0.1) is 0 Å². The van der Waals surface area contributed by atoms with E-state index in [0.717, 1.165) is 6.42 Å². The van der Waals surface area contributed by atoms with Gasteiger partial charge in [0.25, 0.3) is 0 Å². The van der Waals surface area contributed by atoms with Crippen LogP contribution >= 0.6 is 0 Å². The maximum Gasteiger partial charge on any atom is 0.328 e. The number of aryl methyl sites for hydroxylation is 1. The average Bonchev–Trinajstić information content (AvgIpc) is 3.18. The first-order valence-electron chi connectivity index (χ1n) is 14.1. The van der Waals surface area contributed by atoms with Gasteiger partial charge in [-0.05, 0) is 82.6 Å². The third kappa shape index (κ3) is 12.9. The Morgan fingerprint density at radius 1 is 1.07 bits per heavy atom. The largest absolute Gasteiger partial charge is 0.461 e. The van der Waals surface area contributed by atoms with Crippen LogP contribution in [0.3, 0.4) is 0 Å². The van der Waals surface area contributed by atoms with Crippen LogP contribution in [0.4, 0.5) is 0 Å². The zero-order chi connectivity index (χ0) is 29.5. The second-order valence-electron chi connectivity index (χ2n) is 10.6.